The van der Waals surface area contributed by atoms with Gasteiger partial charge in [-0.15, -0.1) is 0 Å². The topological polar surface area (TPSA) is 25.2 Å². The molecule has 2 nitrogen and oxygen atoms in total. The lowest BCUT2D eigenvalue weighted by Crippen LogP contribution is -1.98. The summed E-state index contributed by atoms with van der Waals surface area (Å²) in [7, 11) is 0. The zero-order valence-electron chi connectivity index (χ0n) is 13.0. The van der Waals surface area contributed by atoms with Gasteiger partial charge < -0.3 is 9.73 Å². The predicted molar refractivity (Wildman–Crippen MR) is 100 cm³/mol. The molecule has 4 aromatic rings. The molecule has 3 heteroatoms. The molecule has 1 heterocycles. The fourth-order valence-corrected chi connectivity index (χ4v) is 2.93. The summed E-state index contributed by atoms with van der Waals surface area (Å²) in [5, 5.41) is 6.63. The van der Waals surface area contributed by atoms with Crippen molar-refractivity contribution >= 4 is 28.1 Å². The van der Waals surface area contributed by atoms with Crippen LogP contribution in [-0.2, 0) is 6.54 Å². The minimum Gasteiger partial charge on any atom is -0.459 e. The third-order valence-corrected chi connectivity index (χ3v) is 4.29. The fourth-order valence-electron chi connectivity index (χ4n) is 2.80. The number of halogens is 1. The van der Waals surface area contributed by atoms with E-state index in [1.165, 1.54) is 10.8 Å². The van der Waals surface area contributed by atoms with E-state index in [1.807, 2.05) is 36.4 Å². The third kappa shape index (κ3) is 3.01. The molecule has 0 spiro atoms. The van der Waals surface area contributed by atoms with Gasteiger partial charge in [0.25, 0.3) is 0 Å². The van der Waals surface area contributed by atoms with Crippen LogP contribution in [0.2, 0.25) is 5.02 Å². The summed E-state index contributed by atoms with van der Waals surface area (Å²) in [5.41, 5.74) is 2.13. The van der Waals surface area contributed by atoms with Gasteiger partial charge in [0.2, 0.25) is 0 Å². The molecule has 1 aromatic heterocycles. The first-order chi connectivity index (χ1) is 11.8. The van der Waals surface area contributed by atoms with E-state index in [1.54, 1.807) is 0 Å². The van der Waals surface area contributed by atoms with E-state index in [4.69, 9.17) is 16.0 Å². The highest BCUT2D eigenvalue weighted by atomic mass is 35.5. The minimum absolute atomic E-state index is 0.640. The Balaban J connectivity index is 1.53. The maximum Gasteiger partial charge on any atom is 0.134 e. The Kier molecular flexibility index (Phi) is 3.97. The highest BCUT2D eigenvalue weighted by Gasteiger charge is 2.06. The number of nitrogens with one attached hydrogen (secondary N) is 1. The van der Waals surface area contributed by atoms with Crippen LogP contribution in [0.15, 0.2) is 83.3 Å². The zero-order valence-corrected chi connectivity index (χ0v) is 13.8. The Morgan fingerprint density at radius 2 is 1.58 bits per heavy atom. The molecular formula is C21H16ClNO. The molecule has 4 rings (SSSR count). The molecule has 0 bridgehead atoms. The van der Waals surface area contributed by atoms with Crippen LogP contribution in [0.25, 0.3) is 22.1 Å². The molecule has 0 amide bonds. The van der Waals surface area contributed by atoms with Gasteiger partial charge in [0.15, 0.2) is 0 Å². The molecule has 0 aliphatic carbocycles. The van der Waals surface area contributed by atoms with Gasteiger partial charge in [-0.05, 0) is 47.9 Å². The highest BCUT2D eigenvalue weighted by molar-refractivity contribution is 6.30. The largest absolute Gasteiger partial charge is 0.459 e. The van der Waals surface area contributed by atoms with E-state index < -0.39 is 0 Å². The van der Waals surface area contributed by atoms with Gasteiger partial charge in [-0.1, -0.05) is 48.0 Å². The second-order valence-electron chi connectivity index (χ2n) is 5.65. The minimum atomic E-state index is 0.640. The van der Waals surface area contributed by atoms with Gasteiger partial charge in [0.1, 0.15) is 11.5 Å². The fraction of sp³-hybridized carbons (Fsp3) is 0.0476. The highest BCUT2D eigenvalue weighted by Crippen LogP contribution is 2.26. The van der Waals surface area contributed by atoms with Crippen LogP contribution in [0.5, 0.6) is 0 Å². The van der Waals surface area contributed by atoms with Crippen molar-refractivity contribution in [3.05, 3.63) is 89.6 Å². The maximum absolute atomic E-state index is 5.94. The van der Waals surface area contributed by atoms with Crippen molar-refractivity contribution in [2.75, 3.05) is 5.32 Å². The summed E-state index contributed by atoms with van der Waals surface area (Å²) >= 11 is 5.93. The lowest BCUT2D eigenvalue weighted by Gasteiger charge is -2.08. The molecule has 0 saturated carbocycles. The third-order valence-electron chi connectivity index (χ3n) is 4.03. The first-order valence-electron chi connectivity index (χ1n) is 7.86. The van der Waals surface area contributed by atoms with Crippen molar-refractivity contribution in [1.29, 1.82) is 0 Å². The summed E-state index contributed by atoms with van der Waals surface area (Å²) in [6.07, 6.45) is 0. The zero-order chi connectivity index (χ0) is 16.4. The Morgan fingerprint density at radius 3 is 2.46 bits per heavy atom. The summed E-state index contributed by atoms with van der Waals surface area (Å²) in [6, 6.07) is 26.3. The average Bonchev–Trinajstić information content (AvgIpc) is 3.09. The van der Waals surface area contributed by atoms with Gasteiger partial charge in [-0.2, -0.15) is 0 Å². The Labute approximate surface area is 145 Å². The Hall–Kier alpha value is -2.71. The van der Waals surface area contributed by atoms with Gasteiger partial charge in [-0.3, -0.25) is 0 Å². The average molecular weight is 334 g/mol. The smallest absolute Gasteiger partial charge is 0.134 e. The van der Waals surface area contributed by atoms with E-state index >= 15 is 0 Å². The summed E-state index contributed by atoms with van der Waals surface area (Å²) in [5.74, 6) is 1.74. The van der Waals surface area contributed by atoms with E-state index in [0.717, 1.165) is 27.8 Å². The van der Waals surface area contributed by atoms with Gasteiger partial charge in [0.05, 0.1) is 6.54 Å². The van der Waals surface area contributed by atoms with Gasteiger partial charge in [0, 0.05) is 21.7 Å². The molecule has 1 N–H and O–H groups in total. The van der Waals surface area contributed by atoms with Crippen LogP contribution in [0.1, 0.15) is 5.76 Å². The van der Waals surface area contributed by atoms with Crippen LogP contribution >= 0.6 is 11.6 Å². The summed E-state index contributed by atoms with van der Waals surface area (Å²) < 4.78 is 5.94. The van der Waals surface area contributed by atoms with Crippen molar-refractivity contribution in [2.24, 2.45) is 0 Å². The number of furan rings is 1. The van der Waals surface area contributed by atoms with Crippen LogP contribution in [0.4, 0.5) is 5.69 Å². The lowest BCUT2D eigenvalue weighted by atomic mass is 10.1. The molecule has 3 aromatic carbocycles. The molecule has 0 atom stereocenters. The van der Waals surface area contributed by atoms with Crippen molar-refractivity contribution in [1.82, 2.24) is 0 Å². The van der Waals surface area contributed by atoms with Gasteiger partial charge in [-0.25, -0.2) is 0 Å². The second-order valence-corrected chi connectivity index (χ2v) is 6.09. The second kappa shape index (κ2) is 6.42. The predicted octanol–water partition coefficient (Wildman–Crippen LogP) is 6.37. The molecule has 0 aliphatic heterocycles. The van der Waals surface area contributed by atoms with E-state index in [2.05, 4.69) is 47.8 Å². The molecular weight excluding hydrogens is 318 g/mol. The van der Waals surface area contributed by atoms with Crippen LogP contribution < -0.4 is 5.32 Å². The first-order valence-corrected chi connectivity index (χ1v) is 8.24. The number of rotatable bonds is 4. The number of fused-ring (bicyclic) bond motifs is 1. The Bertz CT molecular complexity index is 967. The number of hydrogen-bond donors (Lipinski definition) is 1. The monoisotopic (exact) mass is 333 g/mol. The van der Waals surface area contributed by atoms with Crippen molar-refractivity contribution in [3.8, 4) is 11.3 Å². The van der Waals surface area contributed by atoms with Crippen molar-refractivity contribution in [3.63, 3.8) is 0 Å². The van der Waals surface area contributed by atoms with E-state index in [0.29, 0.717) is 6.54 Å². The molecule has 0 unspecified atom stereocenters. The van der Waals surface area contributed by atoms with Gasteiger partial charge >= 0.3 is 0 Å². The van der Waals surface area contributed by atoms with E-state index in [9.17, 15) is 0 Å². The summed E-state index contributed by atoms with van der Waals surface area (Å²) in [4.78, 5) is 0. The molecule has 0 fully saturated rings. The number of anilines is 1. The molecule has 118 valence electrons. The lowest BCUT2D eigenvalue weighted by molar-refractivity contribution is 0.531. The maximum atomic E-state index is 5.94. The number of hydrogen-bond acceptors (Lipinski definition) is 2. The van der Waals surface area contributed by atoms with E-state index in [-0.39, 0.29) is 0 Å². The van der Waals surface area contributed by atoms with Crippen molar-refractivity contribution < 1.29 is 4.42 Å². The SMILES string of the molecule is Clc1ccc(-c2ccc(CNc3cccc4ccccc34)o2)cc1. The quantitative estimate of drug-likeness (QED) is 0.469. The molecule has 0 saturated heterocycles. The molecule has 0 radical (unpaired) electrons. The van der Waals surface area contributed by atoms with Crippen molar-refractivity contribution in [2.45, 2.75) is 6.54 Å². The van der Waals surface area contributed by atoms with Crippen LogP contribution in [0, 0.1) is 0 Å². The normalized spacial score (nSPS) is 10.9. The van der Waals surface area contributed by atoms with Crippen LogP contribution in [-0.4, -0.2) is 0 Å². The summed E-state index contributed by atoms with van der Waals surface area (Å²) in [6.45, 7) is 0.640. The van der Waals surface area contributed by atoms with Crippen LogP contribution in [0.3, 0.4) is 0 Å². The number of benzene rings is 3. The molecule has 24 heavy (non-hydrogen) atoms. The standard InChI is InChI=1S/C21H16ClNO/c22-17-10-8-16(9-11-17)21-13-12-18(24-21)14-23-20-7-3-5-15-4-1-2-6-19(15)20/h1-13,23H,14H2. The Morgan fingerprint density at radius 1 is 0.792 bits per heavy atom. The first kappa shape index (κ1) is 14.9. The molecule has 0 aliphatic rings.